The molecule has 1 aromatic rings. The van der Waals surface area contributed by atoms with Crippen LogP contribution in [0.3, 0.4) is 0 Å². The minimum absolute atomic E-state index is 0.00852. The van der Waals surface area contributed by atoms with Gasteiger partial charge in [-0.15, -0.1) is 0 Å². The largest absolute Gasteiger partial charge is 0.508 e. The number of aryl methyl sites for hydroxylation is 1. The van der Waals surface area contributed by atoms with Crippen LogP contribution in [0.5, 0.6) is 11.5 Å². The molecule has 0 saturated heterocycles. The van der Waals surface area contributed by atoms with E-state index in [-0.39, 0.29) is 29.5 Å². The predicted molar refractivity (Wildman–Crippen MR) is 180 cm³/mol. The standard InChI is InChI=1S/C37H48N2O8/c1-24-13-12-16-27-21-28(40)22-30(34(27)43)38-32(41)23-29(46-3)17-10-5-4-6-11-18-31(25(2)33(24)42)47-36(45)37(19-20-37)39-35(44)26-14-8-7-9-15-26/h4-6,10-11,13-14,17,21-22,25,29,31,33,40,42-43H,7-9,12,15-16,18-20,23H2,1-3H3,(H,38,41)(H,39,44). The van der Waals surface area contributed by atoms with Crippen LogP contribution in [0.4, 0.5) is 5.69 Å². The number of aliphatic hydroxyl groups is 1. The summed E-state index contributed by atoms with van der Waals surface area (Å²) in [7, 11) is 1.49. The molecule has 1 aromatic carbocycles. The van der Waals surface area contributed by atoms with E-state index in [9.17, 15) is 29.7 Å². The van der Waals surface area contributed by atoms with Crippen molar-refractivity contribution in [1.29, 1.82) is 0 Å². The summed E-state index contributed by atoms with van der Waals surface area (Å²) in [5.41, 5.74) is 0.868. The molecule has 4 rings (SSSR count). The van der Waals surface area contributed by atoms with Crippen molar-refractivity contribution in [3.8, 4) is 11.5 Å². The van der Waals surface area contributed by atoms with E-state index >= 15 is 0 Å². The zero-order chi connectivity index (χ0) is 34.0. The molecule has 1 saturated carbocycles. The maximum Gasteiger partial charge on any atom is 0.332 e. The molecule has 0 spiro atoms. The van der Waals surface area contributed by atoms with Gasteiger partial charge < -0.3 is 35.4 Å². The number of phenolic OH excluding ortho intramolecular Hbond substituents is 2. The Morgan fingerprint density at radius 2 is 1.79 bits per heavy atom. The van der Waals surface area contributed by atoms with Crippen LogP contribution < -0.4 is 10.6 Å². The number of aliphatic hydroxyl groups excluding tert-OH is 1. The maximum absolute atomic E-state index is 13.5. The summed E-state index contributed by atoms with van der Waals surface area (Å²) in [4.78, 5) is 39.1. The molecule has 1 fully saturated rings. The van der Waals surface area contributed by atoms with Gasteiger partial charge in [-0.25, -0.2) is 4.79 Å². The fraction of sp³-hybridized carbons (Fsp3) is 0.486. The molecule has 2 bridgehead atoms. The number of amides is 2. The SMILES string of the molecule is COC1C=CC=CC=CCC(OC(=O)C2(NC(=O)C3=CCCCC3)CC2)C(C)C(O)C(C)=CCCc2cc(O)cc(c2O)NC(=O)C1. The molecule has 10 heteroatoms. The van der Waals surface area contributed by atoms with Crippen LogP contribution >= 0.6 is 0 Å². The molecule has 5 N–H and O–H groups in total. The Kier molecular flexibility index (Phi) is 12.6. The number of methoxy groups -OCH3 is 1. The van der Waals surface area contributed by atoms with Gasteiger partial charge in [-0.05, 0) is 75.5 Å². The molecule has 1 heterocycles. The molecule has 3 aliphatic rings. The molecule has 47 heavy (non-hydrogen) atoms. The lowest BCUT2D eigenvalue weighted by atomic mass is 9.90. The predicted octanol–water partition coefficient (Wildman–Crippen LogP) is 5.45. The van der Waals surface area contributed by atoms with E-state index in [0.717, 1.165) is 24.8 Å². The fourth-order valence-corrected chi connectivity index (χ4v) is 5.85. The van der Waals surface area contributed by atoms with Gasteiger partial charge in [0.25, 0.3) is 0 Å². The average Bonchev–Trinajstić information content (AvgIpc) is 3.84. The molecule has 4 unspecified atom stereocenters. The number of esters is 1. The molecule has 254 valence electrons. The minimum atomic E-state index is -1.04. The van der Waals surface area contributed by atoms with Crippen LogP contribution in [0.25, 0.3) is 0 Å². The van der Waals surface area contributed by atoms with Crippen molar-refractivity contribution >= 4 is 23.5 Å². The van der Waals surface area contributed by atoms with E-state index < -0.39 is 41.6 Å². The van der Waals surface area contributed by atoms with E-state index in [2.05, 4.69) is 10.6 Å². The van der Waals surface area contributed by atoms with Crippen molar-refractivity contribution in [2.75, 3.05) is 12.4 Å². The number of carbonyl (C=O) groups is 3. The number of benzene rings is 1. The smallest absolute Gasteiger partial charge is 0.332 e. The highest BCUT2D eigenvalue weighted by atomic mass is 16.5. The Bertz CT molecular complexity index is 1450. The van der Waals surface area contributed by atoms with E-state index in [4.69, 9.17) is 9.47 Å². The number of rotatable bonds is 5. The second-order valence-corrected chi connectivity index (χ2v) is 12.7. The number of carbonyl (C=O) groups excluding carboxylic acids is 3. The molecule has 2 amide bonds. The first-order chi connectivity index (χ1) is 22.5. The van der Waals surface area contributed by atoms with Gasteiger partial charge in [0.1, 0.15) is 23.1 Å². The van der Waals surface area contributed by atoms with Crippen molar-refractivity contribution < 1.29 is 39.2 Å². The van der Waals surface area contributed by atoms with Gasteiger partial charge in [-0.2, -0.15) is 0 Å². The number of hydrogen-bond acceptors (Lipinski definition) is 8. The van der Waals surface area contributed by atoms with E-state index in [1.807, 2.05) is 31.2 Å². The summed E-state index contributed by atoms with van der Waals surface area (Å²) in [5, 5.41) is 38.1. The molecular weight excluding hydrogens is 600 g/mol. The Morgan fingerprint density at radius 3 is 2.49 bits per heavy atom. The molecular formula is C37H48N2O8. The van der Waals surface area contributed by atoms with Gasteiger partial charge in [0.2, 0.25) is 11.8 Å². The summed E-state index contributed by atoms with van der Waals surface area (Å²) in [6.45, 7) is 3.62. The molecule has 10 nitrogen and oxygen atoms in total. The topological polar surface area (TPSA) is 154 Å². The van der Waals surface area contributed by atoms with Crippen molar-refractivity contribution in [3.63, 3.8) is 0 Å². The third-order valence-corrected chi connectivity index (χ3v) is 9.07. The van der Waals surface area contributed by atoms with E-state index in [0.29, 0.717) is 49.7 Å². The third-order valence-electron chi connectivity index (χ3n) is 9.07. The third kappa shape index (κ3) is 9.92. The van der Waals surface area contributed by atoms with Gasteiger partial charge in [-0.1, -0.05) is 55.5 Å². The average molecular weight is 649 g/mol. The highest BCUT2D eigenvalue weighted by Gasteiger charge is 2.54. The van der Waals surface area contributed by atoms with Crippen molar-refractivity contribution in [1.82, 2.24) is 5.32 Å². The van der Waals surface area contributed by atoms with Crippen LogP contribution in [0.2, 0.25) is 0 Å². The Morgan fingerprint density at radius 1 is 1.02 bits per heavy atom. The number of allylic oxidation sites excluding steroid dienone is 6. The number of ether oxygens (including phenoxy) is 2. The monoisotopic (exact) mass is 648 g/mol. The Hall–Kier alpha value is -4.15. The van der Waals surface area contributed by atoms with Crippen molar-refractivity contribution in [2.24, 2.45) is 5.92 Å². The lowest BCUT2D eigenvalue weighted by Gasteiger charge is -2.30. The molecule has 0 radical (unpaired) electrons. The minimum Gasteiger partial charge on any atom is -0.508 e. The number of hydrogen-bond donors (Lipinski definition) is 5. The van der Waals surface area contributed by atoms with Gasteiger partial charge in [0.15, 0.2) is 0 Å². The maximum atomic E-state index is 13.5. The highest BCUT2D eigenvalue weighted by Crippen LogP contribution is 2.39. The molecule has 0 aromatic heterocycles. The summed E-state index contributed by atoms with van der Waals surface area (Å²) in [6.07, 6.45) is 18.0. The summed E-state index contributed by atoms with van der Waals surface area (Å²) in [6, 6.07) is 2.73. The van der Waals surface area contributed by atoms with Crippen LogP contribution in [-0.4, -0.2) is 64.1 Å². The van der Waals surface area contributed by atoms with Crippen LogP contribution in [-0.2, 0) is 30.3 Å². The normalized spacial score (nSPS) is 25.4. The van der Waals surface area contributed by atoms with E-state index in [1.54, 1.807) is 31.2 Å². The molecule has 2 aliphatic carbocycles. The number of fused-ring (bicyclic) bond motifs is 2. The van der Waals surface area contributed by atoms with Crippen LogP contribution in [0.1, 0.15) is 77.2 Å². The number of phenols is 2. The Balaban J connectivity index is 1.55. The zero-order valence-electron chi connectivity index (χ0n) is 27.5. The van der Waals surface area contributed by atoms with Gasteiger partial charge in [0.05, 0.1) is 24.3 Å². The van der Waals surface area contributed by atoms with Crippen LogP contribution in [0.15, 0.2) is 71.9 Å². The van der Waals surface area contributed by atoms with Crippen molar-refractivity contribution in [2.45, 2.75) is 102 Å². The molecule has 4 atom stereocenters. The first-order valence-electron chi connectivity index (χ1n) is 16.5. The lowest BCUT2D eigenvalue weighted by molar-refractivity contribution is -0.158. The van der Waals surface area contributed by atoms with Crippen molar-refractivity contribution in [3.05, 3.63) is 77.5 Å². The summed E-state index contributed by atoms with van der Waals surface area (Å²) in [5.74, 6) is -1.83. The van der Waals surface area contributed by atoms with E-state index in [1.165, 1.54) is 19.2 Å². The second kappa shape index (κ2) is 16.6. The lowest BCUT2D eigenvalue weighted by Crippen LogP contribution is -2.47. The van der Waals surface area contributed by atoms with Crippen LogP contribution in [0, 0.1) is 5.92 Å². The van der Waals surface area contributed by atoms with Gasteiger partial charge >= 0.3 is 5.97 Å². The Labute approximate surface area is 276 Å². The highest BCUT2D eigenvalue weighted by molar-refractivity contribution is 5.99. The first-order valence-corrected chi connectivity index (χ1v) is 16.5. The number of anilines is 1. The fourth-order valence-electron chi connectivity index (χ4n) is 5.85. The summed E-state index contributed by atoms with van der Waals surface area (Å²) < 4.78 is 11.5. The quantitative estimate of drug-likeness (QED) is 0.122. The second-order valence-electron chi connectivity index (χ2n) is 12.7. The van der Waals surface area contributed by atoms with Gasteiger partial charge in [0, 0.05) is 31.1 Å². The first kappa shape index (κ1) is 35.7. The molecule has 1 aliphatic heterocycles. The number of nitrogens with one attached hydrogen (secondary N) is 2. The number of aromatic hydroxyl groups is 2. The zero-order valence-corrected chi connectivity index (χ0v) is 27.5. The van der Waals surface area contributed by atoms with Gasteiger partial charge in [-0.3, -0.25) is 9.59 Å². The summed E-state index contributed by atoms with van der Waals surface area (Å²) >= 11 is 0.